The summed E-state index contributed by atoms with van der Waals surface area (Å²) in [5.41, 5.74) is 0.277. The van der Waals surface area contributed by atoms with E-state index in [2.05, 4.69) is 17.2 Å². The van der Waals surface area contributed by atoms with Crippen LogP contribution in [-0.2, 0) is 11.3 Å². The molecule has 7 heteroatoms. The zero-order valence-electron chi connectivity index (χ0n) is 10.9. The summed E-state index contributed by atoms with van der Waals surface area (Å²) in [4.78, 5) is 24.2. The highest BCUT2D eigenvalue weighted by Gasteiger charge is 2.17. The fourth-order valence-corrected chi connectivity index (χ4v) is 1.48. The summed E-state index contributed by atoms with van der Waals surface area (Å²) >= 11 is 0. The summed E-state index contributed by atoms with van der Waals surface area (Å²) in [5, 5.41) is 16.0. The molecule has 0 bridgehead atoms. The van der Waals surface area contributed by atoms with E-state index in [0.717, 1.165) is 12.8 Å². The van der Waals surface area contributed by atoms with Crippen molar-refractivity contribution in [1.82, 2.24) is 19.9 Å². The second kappa shape index (κ2) is 6.13. The summed E-state index contributed by atoms with van der Waals surface area (Å²) in [6, 6.07) is 0. The Morgan fingerprint density at radius 3 is 2.61 bits per heavy atom. The Balaban J connectivity index is 2.67. The highest BCUT2D eigenvalue weighted by molar-refractivity contribution is 5.86. The Bertz CT molecular complexity index is 441. The number of carbonyl (C=O) groups is 2. The predicted octanol–water partition coefficient (Wildman–Crippen LogP) is 0.543. The van der Waals surface area contributed by atoms with E-state index in [1.165, 1.54) is 4.68 Å². The van der Waals surface area contributed by atoms with Crippen molar-refractivity contribution in [2.45, 2.75) is 33.2 Å². The quantitative estimate of drug-likeness (QED) is 0.800. The molecule has 0 atom stereocenters. The van der Waals surface area contributed by atoms with Crippen LogP contribution in [0.15, 0.2) is 0 Å². The number of carboxylic acids is 1. The average Bonchev–Trinajstić information content (AvgIpc) is 2.68. The average molecular weight is 254 g/mol. The molecule has 0 aliphatic heterocycles. The monoisotopic (exact) mass is 254 g/mol. The van der Waals surface area contributed by atoms with Gasteiger partial charge in [-0.2, -0.15) is 0 Å². The number of unbranched alkanes of at least 4 members (excludes halogenated alkanes) is 1. The maximum absolute atomic E-state index is 11.8. The van der Waals surface area contributed by atoms with Crippen molar-refractivity contribution in [2.24, 2.45) is 0 Å². The molecule has 0 spiro atoms. The van der Waals surface area contributed by atoms with Gasteiger partial charge in [-0.25, -0.2) is 9.48 Å². The number of hydrogen-bond acceptors (Lipinski definition) is 4. The number of aromatic carboxylic acids is 1. The molecule has 0 aliphatic rings. The number of likely N-dealkylation sites (N-methyl/N-ethyl adjacent to an activating group) is 1. The van der Waals surface area contributed by atoms with Crippen LogP contribution in [0.25, 0.3) is 0 Å². The summed E-state index contributed by atoms with van der Waals surface area (Å²) in [5.74, 6) is -1.24. The molecule has 100 valence electrons. The predicted molar refractivity (Wildman–Crippen MR) is 64.3 cm³/mol. The third-order valence-electron chi connectivity index (χ3n) is 2.74. The molecule has 0 fully saturated rings. The van der Waals surface area contributed by atoms with Gasteiger partial charge in [0.15, 0.2) is 5.69 Å². The van der Waals surface area contributed by atoms with Gasteiger partial charge in [0.05, 0.1) is 5.69 Å². The summed E-state index contributed by atoms with van der Waals surface area (Å²) in [6.07, 6.45) is 1.96. The van der Waals surface area contributed by atoms with E-state index < -0.39 is 5.97 Å². The number of carbonyl (C=O) groups excluding carboxylic acids is 1. The lowest BCUT2D eigenvalue weighted by molar-refractivity contribution is -0.130. The fourth-order valence-electron chi connectivity index (χ4n) is 1.48. The standard InChI is InChI=1S/C11H18N4O3/c1-4-5-6-14(3)9(16)7-15-8(2)10(11(17)18)12-13-15/h4-7H2,1-3H3,(H,17,18). The number of nitrogens with zero attached hydrogens (tertiary/aromatic N) is 4. The lowest BCUT2D eigenvalue weighted by Crippen LogP contribution is -2.31. The van der Waals surface area contributed by atoms with E-state index in [9.17, 15) is 9.59 Å². The minimum absolute atomic E-state index is 0.0202. The van der Waals surface area contributed by atoms with Crippen molar-refractivity contribution in [3.8, 4) is 0 Å². The Morgan fingerprint density at radius 1 is 1.44 bits per heavy atom. The van der Waals surface area contributed by atoms with Crippen molar-refractivity contribution in [2.75, 3.05) is 13.6 Å². The van der Waals surface area contributed by atoms with Crippen LogP contribution in [0.5, 0.6) is 0 Å². The van der Waals surface area contributed by atoms with Crippen molar-refractivity contribution in [3.05, 3.63) is 11.4 Å². The van der Waals surface area contributed by atoms with E-state index in [0.29, 0.717) is 12.2 Å². The smallest absolute Gasteiger partial charge is 0.358 e. The first-order chi connectivity index (χ1) is 8.47. The van der Waals surface area contributed by atoms with E-state index in [1.807, 2.05) is 0 Å². The minimum Gasteiger partial charge on any atom is -0.476 e. The largest absolute Gasteiger partial charge is 0.476 e. The highest BCUT2D eigenvalue weighted by atomic mass is 16.4. The lowest BCUT2D eigenvalue weighted by atomic mass is 10.3. The first kappa shape index (κ1) is 14.1. The number of amides is 1. The normalized spacial score (nSPS) is 10.4. The molecule has 7 nitrogen and oxygen atoms in total. The molecule has 1 amide bonds. The van der Waals surface area contributed by atoms with Crippen LogP contribution in [0.2, 0.25) is 0 Å². The van der Waals surface area contributed by atoms with Gasteiger partial charge in [-0.05, 0) is 13.3 Å². The summed E-state index contributed by atoms with van der Waals surface area (Å²) in [6.45, 7) is 4.35. The lowest BCUT2D eigenvalue weighted by Gasteiger charge is -2.16. The van der Waals surface area contributed by atoms with Crippen molar-refractivity contribution >= 4 is 11.9 Å². The summed E-state index contributed by atoms with van der Waals surface area (Å²) in [7, 11) is 1.72. The zero-order chi connectivity index (χ0) is 13.7. The van der Waals surface area contributed by atoms with Crippen molar-refractivity contribution in [3.63, 3.8) is 0 Å². The first-order valence-electron chi connectivity index (χ1n) is 5.84. The molecule has 0 saturated carbocycles. The fraction of sp³-hybridized carbons (Fsp3) is 0.636. The van der Waals surface area contributed by atoms with Gasteiger partial charge in [0.1, 0.15) is 6.54 Å². The first-order valence-corrected chi connectivity index (χ1v) is 5.84. The van der Waals surface area contributed by atoms with Crippen LogP contribution in [0.1, 0.15) is 35.9 Å². The molecule has 1 rings (SSSR count). The van der Waals surface area contributed by atoms with Crippen LogP contribution in [0.4, 0.5) is 0 Å². The third kappa shape index (κ3) is 3.28. The van der Waals surface area contributed by atoms with Crippen LogP contribution in [-0.4, -0.2) is 50.5 Å². The van der Waals surface area contributed by atoms with E-state index in [4.69, 9.17) is 5.11 Å². The molecule has 1 aromatic rings. The number of aromatic nitrogens is 3. The third-order valence-corrected chi connectivity index (χ3v) is 2.74. The Morgan fingerprint density at radius 2 is 2.11 bits per heavy atom. The molecule has 1 aromatic heterocycles. The summed E-state index contributed by atoms with van der Waals surface area (Å²) < 4.78 is 1.31. The van der Waals surface area contributed by atoms with Crippen molar-refractivity contribution < 1.29 is 14.7 Å². The van der Waals surface area contributed by atoms with Crippen LogP contribution in [0.3, 0.4) is 0 Å². The molecule has 0 radical (unpaired) electrons. The molecule has 0 unspecified atom stereocenters. The molecular weight excluding hydrogens is 236 g/mol. The Labute approximate surface area is 105 Å². The van der Waals surface area contributed by atoms with Gasteiger partial charge in [0.25, 0.3) is 0 Å². The Hall–Kier alpha value is -1.92. The molecule has 1 N–H and O–H groups in total. The maximum Gasteiger partial charge on any atom is 0.358 e. The van der Waals surface area contributed by atoms with Gasteiger partial charge < -0.3 is 10.0 Å². The number of carboxylic acid groups (broad SMARTS) is 1. The maximum atomic E-state index is 11.8. The molecular formula is C11H18N4O3. The molecule has 1 heterocycles. The molecule has 0 aromatic carbocycles. The van der Waals surface area contributed by atoms with Gasteiger partial charge in [-0.3, -0.25) is 4.79 Å². The molecule has 0 saturated heterocycles. The van der Waals surface area contributed by atoms with Crippen LogP contribution >= 0.6 is 0 Å². The van der Waals surface area contributed by atoms with Gasteiger partial charge in [-0.1, -0.05) is 18.6 Å². The van der Waals surface area contributed by atoms with Gasteiger partial charge in [-0.15, -0.1) is 5.10 Å². The van der Waals surface area contributed by atoms with E-state index in [1.54, 1.807) is 18.9 Å². The zero-order valence-corrected chi connectivity index (χ0v) is 10.9. The van der Waals surface area contributed by atoms with Gasteiger partial charge in [0.2, 0.25) is 5.91 Å². The van der Waals surface area contributed by atoms with E-state index in [-0.39, 0.29) is 18.1 Å². The van der Waals surface area contributed by atoms with E-state index >= 15 is 0 Å². The number of hydrogen-bond donors (Lipinski definition) is 1. The SMILES string of the molecule is CCCCN(C)C(=O)Cn1nnc(C(=O)O)c1C. The molecule has 18 heavy (non-hydrogen) atoms. The molecule has 0 aliphatic carbocycles. The van der Waals surface area contributed by atoms with Crippen LogP contribution < -0.4 is 0 Å². The van der Waals surface area contributed by atoms with Crippen molar-refractivity contribution in [1.29, 1.82) is 0 Å². The Kier molecular flexibility index (Phi) is 4.82. The topological polar surface area (TPSA) is 88.3 Å². The second-order valence-corrected chi connectivity index (χ2v) is 4.16. The van der Waals surface area contributed by atoms with Gasteiger partial charge >= 0.3 is 5.97 Å². The number of rotatable bonds is 6. The van der Waals surface area contributed by atoms with Gasteiger partial charge in [0, 0.05) is 13.6 Å². The minimum atomic E-state index is -1.13. The highest BCUT2D eigenvalue weighted by Crippen LogP contribution is 2.04. The second-order valence-electron chi connectivity index (χ2n) is 4.16. The van der Waals surface area contributed by atoms with Crippen LogP contribution in [0, 0.1) is 6.92 Å².